The van der Waals surface area contributed by atoms with E-state index in [9.17, 15) is 14.7 Å². The molecular formula is C9H14N2O3. The van der Waals surface area contributed by atoms with Crippen LogP contribution in [0.3, 0.4) is 0 Å². The van der Waals surface area contributed by atoms with Crippen molar-refractivity contribution in [3.05, 3.63) is 0 Å². The first-order chi connectivity index (χ1) is 6.64. The van der Waals surface area contributed by atoms with E-state index in [-0.39, 0.29) is 11.9 Å². The Labute approximate surface area is 82.1 Å². The van der Waals surface area contributed by atoms with E-state index in [1.165, 1.54) is 0 Å². The molecule has 5 heteroatoms. The number of carbonyl (C=O) groups excluding carboxylic acids is 2. The molecule has 5 nitrogen and oxygen atoms in total. The van der Waals surface area contributed by atoms with Crippen molar-refractivity contribution in [1.29, 1.82) is 0 Å². The first-order valence-electron chi connectivity index (χ1n) is 4.87. The summed E-state index contributed by atoms with van der Waals surface area (Å²) in [5.74, 6) is -0.282. The molecule has 0 aromatic carbocycles. The molecule has 1 saturated carbocycles. The van der Waals surface area contributed by atoms with E-state index in [0.29, 0.717) is 25.9 Å². The van der Waals surface area contributed by atoms with Crippen molar-refractivity contribution in [3.8, 4) is 0 Å². The molecule has 1 heterocycles. The first-order valence-corrected chi connectivity index (χ1v) is 4.87. The second-order valence-corrected chi connectivity index (χ2v) is 4.09. The van der Waals surface area contributed by atoms with Crippen LogP contribution in [0.1, 0.15) is 19.3 Å². The summed E-state index contributed by atoms with van der Waals surface area (Å²) in [6.45, 7) is 1.25. The number of carbonyl (C=O) groups is 2. The van der Waals surface area contributed by atoms with Crippen LogP contribution in [0.2, 0.25) is 0 Å². The van der Waals surface area contributed by atoms with Gasteiger partial charge in [-0.2, -0.15) is 0 Å². The van der Waals surface area contributed by atoms with Crippen molar-refractivity contribution in [1.82, 2.24) is 10.2 Å². The van der Waals surface area contributed by atoms with E-state index in [1.54, 1.807) is 4.90 Å². The van der Waals surface area contributed by atoms with Gasteiger partial charge in [-0.05, 0) is 19.3 Å². The summed E-state index contributed by atoms with van der Waals surface area (Å²) in [5, 5.41) is 12.2. The van der Waals surface area contributed by atoms with Crippen molar-refractivity contribution >= 4 is 12.3 Å². The number of rotatable bonds is 3. The van der Waals surface area contributed by atoms with Gasteiger partial charge in [-0.1, -0.05) is 0 Å². The predicted octanol–water partition coefficient (Wildman–Crippen LogP) is -1.14. The molecule has 0 aromatic heterocycles. The van der Waals surface area contributed by atoms with Gasteiger partial charge in [0.25, 0.3) is 5.91 Å². The predicted molar refractivity (Wildman–Crippen MR) is 48.4 cm³/mol. The summed E-state index contributed by atoms with van der Waals surface area (Å²) in [7, 11) is 0. The number of amides is 2. The van der Waals surface area contributed by atoms with Gasteiger partial charge in [0.15, 0.2) is 0 Å². The number of aliphatic hydroxyl groups is 1. The van der Waals surface area contributed by atoms with E-state index in [1.807, 2.05) is 0 Å². The third-order valence-corrected chi connectivity index (χ3v) is 2.85. The van der Waals surface area contributed by atoms with Crippen molar-refractivity contribution in [3.63, 3.8) is 0 Å². The lowest BCUT2D eigenvalue weighted by atomic mass is 10.2. The topological polar surface area (TPSA) is 69.6 Å². The lowest BCUT2D eigenvalue weighted by Gasteiger charge is -2.15. The number of hydrogen-bond donors (Lipinski definition) is 2. The SMILES string of the molecule is O=CN1CCC(NC(=O)C2(O)CC2)C1. The Morgan fingerprint density at radius 2 is 2.29 bits per heavy atom. The fourth-order valence-electron chi connectivity index (χ4n) is 1.67. The minimum atomic E-state index is -1.10. The highest BCUT2D eigenvalue weighted by Crippen LogP contribution is 2.35. The molecule has 2 N–H and O–H groups in total. The van der Waals surface area contributed by atoms with Gasteiger partial charge < -0.3 is 15.3 Å². The fourth-order valence-corrected chi connectivity index (χ4v) is 1.67. The average Bonchev–Trinajstić information content (AvgIpc) is 2.77. The molecule has 0 bridgehead atoms. The smallest absolute Gasteiger partial charge is 0.252 e. The van der Waals surface area contributed by atoms with Crippen LogP contribution in [-0.4, -0.2) is 47.1 Å². The average molecular weight is 198 g/mol. The molecule has 1 unspecified atom stereocenters. The normalized spacial score (nSPS) is 28.6. The molecule has 1 saturated heterocycles. The molecule has 78 valence electrons. The van der Waals surface area contributed by atoms with Gasteiger partial charge in [0.2, 0.25) is 6.41 Å². The summed E-state index contributed by atoms with van der Waals surface area (Å²) >= 11 is 0. The Morgan fingerprint density at radius 1 is 1.57 bits per heavy atom. The molecule has 1 aliphatic heterocycles. The number of likely N-dealkylation sites (tertiary alicyclic amines) is 1. The van der Waals surface area contributed by atoms with Crippen LogP contribution in [-0.2, 0) is 9.59 Å². The molecule has 2 fully saturated rings. The van der Waals surface area contributed by atoms with Crippen LogP contribution >= 0.6 is 0 Å². The van der Waals surface area contributed by atoms with Crippen molar-refractivity contribution in [2.24, 2.45) is 0 Å². The van der Waals surface area contributed by atoms with Crippen LogP contribution in [0.5, 0.6) is 0 Å². The van der Waals surface area contributed by atoms with Gasteiger partial charge in [0, 0.05) is 19.1 Å². The van der Waals surface area contributed by atoms with Crippen LogP contribution in [0.25, 0.3) is 0 Å². The zero-order valence-electron chi connectivity index (χ0n) is 7.90. The molecular weight excluding hydrogens is 184 g/mol. The van der Waals surface area contributed by atoms with E-state index in [4.69, 9.17) is 0 Å². The van der Waals surface area contributed by atoms with Gasteiger partial charge in [-0.15, -0.1) is 0 Å². The molecule has 1 aliphatic carbocycles. The Hall–Kier alpha value is -1.10. The summed E-state index contributed by atoms with van der Waals surface area (Å²) in [5.41, 5.74) is -1.10. The first kappa shape index (κ1) is 9.45. The lowest BCUT2D eigenvalue weighted by molar-refractivity contribution is -0.132. The maximum Gasteiger partial charge on any atom is 0.252 e. The monoisotopic (exact) mass is 198 g/mol. The molecule has 2 rings (SSSR count). The largest absolute Gasteiger partial charge is 0.380 e. The van der Waals surface area contributed by atoms with Gasteiger partial charge in [0.1, 0.15) is 5.60 Å². The van der Waals surface area contributed by atoms with E-state index in [0.717, 1.165) is 12.8 Å². The van der Waals surface area contributed by atoms with Crippen molar-refractivity contribution in [2.75, 3.05) is 13.1 Å². The number of nitrogens with zero attached hydrogens (tertiary/aromatic N) is 1. The minimum Gasteiger partial charge on any atom is -0.380 e. The second-order valence-electron chi connectivity index (χ2n) is 4.09. The molecule has 2 aliphatic rings. The highest BCUT2D eigenvalue weighted by atomic mass is 16.3. The maximum absolute atomic E-state index is 11.4. The number of nitrogens with one attached hydrogen (secondary N) is 1. The third kappa shape index (κ3) is 1.72. The maximum atomic E-state index is 11.4. The highest BCUT2D eigenvalue weighted by molar-refractivity contribution is 5.88. The van der Waals surface area contributed by atoms with Gasteiger partial charge >= 0.3 is 0 Å². The summed E-state index contributed by atoms with van der Waals surface area (Å²) in [6.07, 6.45) is 2.68. The zero-order valence-corrected chi connectivity index (χ0v) is 7.90. The highest BCUT2D eigenvalue weighted by Gasteiger charge is 2.48. The van der Waals surface area contributed by atoms with Gasteiger partial charge in [-0.25, -0.2) is 0 Å². The Balaban J connectivity index is 1.81. The standard InChI is InChI=1S/C9H14N2O3/c12-6-11-4-1-7(5-11)10-8(13)9(14)2-3-9/h6-7,14H,1-5H2,(H,10,13). The van der Waals surface area contributed by atoms with E-state index < -0.39 is 5.60 Å². The van der Waals surface area contributed by atoms with E-state index >= 15 is 0 Å². The molecule has 0 spiro atoms. The van der Waals surface area contributed by atoms with Gasteiger partial charge in [0.05, 0.1) is 0 Å². The third-order valence-electron chi connectivity index (χ3n) is 2.85. The quantitative estimate of drug-likeness (QED) is 0.563. The Morgan fingerprint density at radius 3 is 2.79 bits per heavy atom. The zero-order chi connectivity index (χ0) is 10.2. The molecule has 2 amide bonds. The lowest BCUT2D eigenvalue weighted by Crippen LogP contribution is -2.43. The van der Waals surface area contributed by atoms with Crippen LogP contribution in [0.4, 0.5) is 0 Å². The van der Waals surface area contributed by atoms with Crippen LogP contribution < -0.4 is 5.32 Å². The minimum absolute atomic E-state index is 0.0114. The fraction of sp³-hybridized carbons (Fsp3) is 0.778. The molecule has 0 aromatic rings. The molecule has 1 atom stereocenters. The second kappa shape index (κ2) is 3.24. The number of hydrogen-bond acceptors (Lipinski definition) is 3. The van der Waals surface area contributed by atoms with E-state index in [2.05, 4.69) is 5.32 Å². The van der Waals surface area contributed by atoms with Gasteiger partial charge in [-0.3, -0.25) is 9.59 Å². The summed E-state index contributed by atoms with van der Waals surface area (Å²) < 4.78 is 0. The Kier molecular flexibility index (Phi) is 2.19. The molecule has 0 radical (unpaired) electrons. The molecule has 14 heavy (non-hydrogen) atoms. The van der Waals surface area contributed by atoms with Crippen molar-refractivity contribution in [2.45, 2.75) is 30.9 Å². The Bertz CT molecular complexity index is 263. The van der Waals surface area contributed by atoms with Crippen LogP contribution in [0.15, 0.2) is 0 Å². The summed E-state index contributed by atoms with van der Waals surface area (Å²) in [6, 6.07) is 0.0114. The summed E-state index contributed by atoms with van der Waals surface area (Å²) in [4.78, 5) is 23.4. The van der Waals surface area contributed by atoms with Crippen LogP contribution in [0, 0.1) is 0 Å². The van der Waals surface area contributed by atoms with Crippen molar-refractivity contribution < 1.29 is 14.7 Å².